The van der Waals surface area contributed by atoms with Crippen LogP contribution in [0.2, 0.25) is 0 Å². The summed E-state index contributed by atoms with van der Waals surface area (Å²) in [5, 5.41) is 9.31. The maximum Gasteiger partial charge on any atom is 0.337 e. The highest BCUT2D eigenvalue weighted by atomic mass is 32.2. The van der Waals surface area contributed by atoms with E-state index in [1.54, 1.807) is 31.2 Å². The van der Waals surface area contributed by atoms with Gasteiger partial charge in [0.05, 0.1) is 55.4 Å². The monoisotopic (exact) mass is 443 g/mol. The Hall–Kier alpha value is -3.45. The third-order valence-electron chi connectivity index (χ3n) is 4.90. The molecule has 2 atom stereocenters. The number of thioether (sulfide) groups is 1. The lowest BCUT2D eigenvalue weighted by Gasteiger charge is -2.31. The number of methoxy groups -OCH3 is 2. The van der Waals surface area contributed by atoms with Crippen LogP contribution in [0.25, 0.3) is 0 Å². The number of esters is 2. The van der Waals surface area contributed by atoms with E-state index in [2.05, 4.69) is 4.74 Å². The van der Waals surface area contributed by atoms with Gasteiger partial charge in [-0.3, -0.25) is 14.5 Å². The van der Waals surface area contributed by atoms with Crippen LogP contribution in [0, 0.1) is 11.3 Å². The van der Waals surface area contributed by atoms with E-state index < -0.39 is 29.0 Å². The number of fused-ring (bicyclic) bond motifs is 1. The lowest BCUT2D eigenvalue weighted by atomic mass is 9.83. The second-order valence-electron chi connectivity index (χ2n) is 6.62. The zero-order valence-electron chi connectivity index (χ0n) is 17.2. The standard InChI is InChI=1S/C21H21N3O6S/c1-4-30-21(27)17-16(11-6-5-7-12(8-11)28-2)13(10-22)18(23)24-19(26)14(31-20(17)24)9-15(25)29-3/h5-8,14,16H,4,9,23H2,1-3H3/t14-,16+/m1/s1. The number of carbonyl (C=O) groups excluding carboxylic acids is 3. The normalized spacial score (nSPS) is 20.3. The fraction of sp³-hybridized carbons (Fsp3) is 0.333. The number of nitrogens with two attached hydrogens (primary N) is 1. The van der Waals surface area contributed by atoms with Crippen LogP contribution in [0.1, 0.15) is 24.8 Å². The first-order valence-electron chi connectivity index (χ1n) is 9.40. The topological polar surface area (TPSA) is 132 Å². The third-order valence-corrected chi connectivity index (χ3v) is 6.18. The van der Waals surface area contributed by atoms with Crippen LogP contribution in [-0.4, -0.2) is 48.8 Å². The summed E-state index contributed by atoms with van der Waals surface area (Å²) in [4.78, 5) is 38.9. The van der Waals surface area contributed by atoms with Crippen molar-refractivity contribution in [2.45, 2.75) is 24.5 Å². The first-order valence-corrected chi connectivity index (χ1v) is 10.3. The third kappa shape index (κ3) is 3.96. The van der Waals surface area contributed by atoms with Gasteiger partial charge in [-0.15, -0.1) is 0 Å². The van der Waals surface area contributed by atoms with Crippen LogP contribution in [-0.2, 0) is 23.9 Å². The molecule has 0 aliphatic carbocycles. The van der Waals surface area contributed by atoms with E-state index in [1.807, 2.05) is 6.07 Å². The largest absolute Gasteiger partial charge is 0.497 e. The summed E-state index contributed by atoms with van der Waals surface area (Å²) in [7, 11) is 2.73. The van der Waals surface area contributed by atoms with Crippen LogP contribution in [0.4, 0.5) is 0 Å². The van der Waals surface area contributed by atoms with Crippen molar-refractivity contribution in [2.75, 3.05) is 20.8 Å². The van der Waals surface area contributed by atoms with Crippen molar-refractivity contribution < 1.29 is 28.6 Å². The molecule has 1 fully saturated rings. The summed E-state index contributed by atoms with van der Waals surface area (Å²) < 4.78 is 15.2. The summed E-state index contributed by atoms with van der Waals surface area (Å²) in [6.07, 6.45) is -0.199. The molecule has 0 unspecified atom stereocenters. The Morgan fingerprint density at radius 1 is 1.32 bits per heavy atom. The number of hydrogen-bond acceptors (Lipinski definition) is 9. The Kier molecular flexibility index (Phi) is 6.56. The number of rotatable bonds is 6. The van der Waals surface area contributed by atoms with E-state index in [1.165, 1.54) is 14.2 Å². The number of carbonyl (C=O) groups is 3. The Morgan fingerprint density at radius 3 is 2.68 bits per heavy atom. The Balaban J connectivity index is 2.21. The van der Waals surface area contributed by atoms with Crippen LogP contribution in [0.15, 0.2) is 46.3 Å². The average Bonchev–Trinajstić information content (AvgIpc) is 3.09. The quantitative estimate of drug-likeness (QED) is 0.653. The van der Waals surface area contributed by atoms with Crippen molar-refractivity contribution in [2.24, 2.45) is 5.73 Å². The minimum atomic E-state index is -0.859. The highest BCUT2D eigenvalue weighted by Crippen LogP contribution is 2.50. The molecule has 1 aromatic carbocycles. The Bertz CT molecular complexity index is 1040. The van der Waals surface area contributed by atoms with Crippen molar-refractivity contribution in [3.8, 4) is 11.8 Å². The minimum absolute atomic E-state index is 0.0349. The second-order valence-corrected chi connectivity index (χ2v) is 7.81. The molecule has 1 amide bonds. The number of benzene rings is 1. The molecule has 2 heterocycles. The maximum atomic E-state index is 13.0. The first-order chi connectivity index (χ1) is 14.9. The predicted molar refractivity (Wildman–Crippen MR) is 111 cm³/mol. The fourth-order valence-electron chi connectivity index (χ4n) is 3.48. The zero-order chi connectivity index (χ0) is 22.7. The summed E-state index contributed by atoms with van der Waals surface area (Å²) in [5.74, 6) is -2.15. The molecule has 1 aromatic rings. The zero-order valence-corrected chi connectivity index (χ0v) is 18.0. The van der Waals surface area contributed by atoms with Gasteiger partial charge in [0.25, 0.3) is 0 Å². The van der Waals surface area contributed by atoms with E-state index in [0.29, 0.717) is 11.3 Å². The molecule has 3 rings (SSSR count). The second kappa shape index (κ2) is 9.14. The van der Waals surface area contributed by atoms with Crippen LogP contribution >= 0.6 is 11.8 Å². The van der Waals surface area contributed by atoms with E-state index in [4.69, 9.17) is 15.2 Å². The molecule has 2 aliphatic heterocycles. The fourth-order valence-corrected chi connectivity index (χ4v) is 4.80. The van der Waals surface area contributed by atoms with Gasteiger partial charge >= 0.3 is 11.9 Å². The summed E-state index contributed by atoms with van der Waals surface area (Å²) in [5.41, 5.74) is 6.97. The Morgan fingerprint density at radius 2 is 2.06 bits per heavy atom. The van der Waals surface area contributed by atoms with Crippen LogP contribution < -0.4 is 10.5 Å². The van der Waals surface area contributed by atoms with Crippen molar-refractivity contribution in [3.05, 3.63) is 51.8 Å². The number of allylic oxidation sites excluding steroid dienone is 1. The van der Waals surface area contributed by atoms with E-state index in [9.17, 15) is 19.6 Å². The number of hydrogen-bond donors (Lipinski definition) is 1. The van der Waals surface area contributed by atoms with Crippen LogP contribution in [0.3, 0.4) is 0 Å². The Labute approximate surface area is 183 Å². The van der Waals surface area contributed by atoms with E-state index in [-0.39, 0.29) is 35.0 Å². The average molecular weight is 443 g/mol. The van der Waals surface area contributed by atoms with Gasteiger partial charge in [-0.1, -0.05) is 23.9 Å². The molecular formula is C21H21N3O6S. The van der Waals surface area contributed by atoms with Gasteiger partial charge in [-0.25, -0.2) is 4.79 Å². The van der Waals surface area contributed by atoms with Gasteiger partial charge in [0.15, 0.2) is 0 Å². The lowest BCUT2D eigenvalue weighted by Crippen LogP contribution is -2.38. The van der Waals surface area contributed by atoms with Crippen molar-refractivity contribution in [1.82, 2.24) is 4.90 Å². The molecule has 0 spiro atoms. The number of amides is 1. The molecule has 0 saturated carbocycles. The van der Waals surface area contributed by atoms with Crippen LogP contribution in [0.5, 0.6) is 5.75 Å². The molecule has 31 heavy (non-hydrogen) atoms. The van der Waals surface area contributed by atoms with E-state index in [0.717, 1.165) is 16.7 Å². The SMILES string of the molecule is CCOC(=O)C1=C2S[C@H](CC(=O)OC)C(=O)N2C(N)=C(C#N)[C@@H]1c1cccc(OC)c1. The van der Waals surface area contributed by atoms with Gasteiger partial charge in [-0.2, -0.15) is 5.26 Å². The first kappa shape index (κ1) is 22.2. The number of ether oxygens (including phenoxy) is 3. The van der Waals surface area contributed by atoms with Gasteiger partial charge in [0.1, 0.15) is 16.8 Å². The predicted octanol–water partition coefficient (Wildman–Crippen LogP) is 1.77. The molecular weight excluding hydrogens is 422 g/mol. The number of nitrogens with zero attached hydrogens (tertiary/aromatic N) is 2. The molecule has 1 saturated heterocycles. The highest BCUT2D eigenvalue weighted by Gasteiger charge is 2.49. The number of nitriles is 1. The molecule has 0 bridgehead atoms. The highest BCUT2D eigenvalue weighted by molar-refractivity contribution is 8.04. The summed E-state index contributed by atoms with van der Waals surface area (Å²) in [6.45, 7) is 1.76. The molecule has 0 radical (unpaired) electrons. The van der Waals surface area contributed by atoms with Gasteiger partial charge in [-0.05, 0) is 24.6 Å². The molecule has 10 heteroatoms. The molecule has 162 valence electrons. The molecule has 2 aliphatic rings. The smallest absolute Gasteiger partial charge is 0.337 e. The minimum Gasteiger partial charge on any atom is -0.497 e. The molecule has 2 N–H and O–H groups in total. The lowest BCUT2D eigenvalue weighted by molar-refractivity contribution is -0.142. The van der Waals surface area contributed by atoms with Crippen molar-refractivity contribution >= 4 is 29.6 Å². The van der Waals surface area contributed by atoms with Crippen molar-refractivity contribution in [3.63, 3.8) is 0 Å². The van der Waals surface area contributed by atoms with Crippen molar-refractivity contribution in [1.29, 1.82) is 5.26 Å². The van der Waals surface area contributed by atoms with Gasteiger partial charge in [0, 0.05) is 0 Å². The molecule has 9 nitrogen and oxygen atoms in total. The van der Waals surface area contributed by atoms with Gasteiger partial charge in [0.2, 0.25) is 5.91 Å². The summed E-state index contributed by atoms with van der Waals surface area (Å²) in [6, 6.07) is 8.93. The maximum absolute atomic E-state index is 13.0. The summed E-state index contributed by atoms with van der Waals surface area (Å²) >= 11 is 1.03. The van der Waals surface area contributed by atoms with E-state index >= 15 is 0 Å². The van der Waals surface area contributed by atoms with Gasteiger partial charge < -0.3 is 19.9 Å². The molecule has 0 aromatic heterocycles.